The number of piperidine rings is 1. The molecule has 22 heavy (non-hydrogen) atoms. The molecule has 1 N–H and O–H groups in total. The van der Waals surface area contributed by atoms with E-state index in [2.05, 4.69) is 5.32 Å². The first-order chi connectivity index (χ1) is 10.2. The third kappa shape index (κ3) is 5.15. The molecule has 1 aromatic carbocycles. The Morgan fingerprint density at radius 1 is 1.23 bits per heavy atom. The zero-order chi connectivity index (χ0) is 14.7. The van der Waals surface area contributed by atoms with E-state index in [0.29, 0.717) is 17.5 Å². The lowest BCUT2D eigenvalue weighted by Gasteiger charge is -2.32. The van der Waals surface area contributed by atoms with Crippen molar-refractivity contribution in [2.24, 2.45) is 5.92 Å². The average Bonchev–Trinajstić information content (AvgIpc) is 3.30. The molecule has 1 heterocycles. The summed E-state index contributed by atoms with van der Waals surface area (Å²) < 4.78 is 0. The van der Waals surface area contributed by atoms with Crippen LogP contribution in [0.5, 0.6) is 0 Å². The molecule has 3 nitrogen and oxygen atoms in total. The zero-order valence-corrected chi connectivity index (χ0v) is 14.3. The number of likely N-dealkylation sites (tertiary alicyclic amines) is 1. The maximum Gasteiger partial charge on any atom is 0.226 e. The monoisotopic (exact) mass is 342 g/mol. The van der Waals surface area contributed by atoms with Gasteiger partial charge in [0, 0.05) is 24.2 Å². The highest BCUT2D eigenvalue weighted by Gasteiger charge is 2.25. The van der Waals surface area contributed by atoms with Gasteiger partial charge in [0.05, 0.1) is 6.42 Å². The van der Waals surface area contributed by atoms with Gasteiger partial charge in [-0.15, -0.1) is 12.4 Å². The molecule has 5 heteroatoms. The summed E-state index contributed by atoms with van der Waals surface area (Å²) in [5, 5.41) is 4.34. The molecular formula is C17H24Cl2N2O. The second-order valence-electron chi connectivity index (χ2n) is 6.31. The van der Waals surface area contributed by atoms with Crippen LogP contribution in [0.15, 0.2) is 24.3 Å². The van der Waals surface area contributed by atoms with Crippen LogP contribution in [0.2, 0.25) is 5.02 Å². The van der Waals surface area contributed by atoms with Crippen LogP contribution in [-0.4, -0.2) is 36.5 Å². The average molecular weight is 343 g/mol. The number of benzene rings is 1. The molecular weight excluding hydrogens is 319 g/mol. The fraction of sp³-hybridized carbons (Fsp3) is 0.588. The maximum absolute atomic E-state index is 12.3. The second kappa shape index (κ2) is 8.19. The molecule has 1 aliphatic heterocycles. The topological polar surface area (TPSA) is 32.3 Å². The van der Waals surface area contributed by atoms with Gasteiger partial charge in [-0.3, -0.25) is 4.79 Å². The van der Waals surface area contributed by atoms with E-state index < -0.39 is 0 Å². The van der Waals surface area contributed by atoms with Crippen molar-refractivity contribution in [1.29, 1.82) is 0 Å². The third-order valence-electron chi connectivity index (χ3n) is 4.48. The molecule has 1 aromatic rings. The van der Waals surface area contributed by atoms with E-state index in [9.17, 15) is 4.79 Å². The summed E-state index contributed by atoms with van der Waals surface area (Å²) in [6.45, 7) is 2.92. The number of halogens is 2. The minimum absolute atomic E-state index is 0. The van der Waals surface area contributed by atoms with Crippen LogP contribution in [0, 0.1) is 5.92 Å². The Morgan fingerprint density at radius 3 is 2.59 bits per heavy atom. The summed E-state index contributed by atoms with van der Waals surface area (Å²) in [5.41, 5.74) is 1.00. The first kappa shape index (κ1) is 17.6. The number of nitrogens with one attached hydrogen (secondary N) is 1. The van der Waals surface area contributed by atoms with Gasteiger partial charge in [0.15, 0.2) is 0 Å². The lowest BCUT2D eigenvalue weighted by molar-refractivity contribution is -0.131. The molecule has 3 rings (SSSR count). The number of hydrogen-bond acceptors (Lipinski definition) is 2. The van der Waals surface area contributed by atoms with Crippen molar-refractivity contribution in [3.63, 3.8) is 0 Å². The van der Waals surface area contributed by atoms with Gasteiger partial charge in [0.25, 0.3) is 0 Å². The van der Waals surface area contributed by atoms with Crippen LogP contribution in [0.1, 0.15) is 31.2 Å². The van der Waals surface area contributed by atoms with Crippen molar-refractivity contribution in [3.8, 4) is 0 Å². The van der Waals surface area contributed by atoms with Crippen molar-refractivity contribution >= 4 is 29.9 Å². The Morgan fingerprint density at radius 2 is 1.95 bits per heavy atom. The molecule has 1 amide bonds. The van der Waals surface area contributed by atoms with E-state index in [0.717, 1.165) is 37.4 Å². The fourth-order valence-electron chi connectivity index (χ4n) is 2.92. The Labute approximate surface area is 143 Å². The van der Waals surface area contributed by atoms with E-state index in [1.54, 1.807) is 0 Å². The summed E-state index contributed by atoms with van der Waals surface area (Å²) in [6.07, 6.45) is 5.40. The number of hydrogen-bond donors (Lipinski definition) is 1. The molecule has 0 aromatic heterocycles. The smallest absolute Gasteiger partial charge is 0.226 e. The largest absolute Gasteiger partial charge is 0.342 e. The minimum atomic E-state index is 0. The molecule has 0 radical (unpaired) electrons. The van der Waals surface area contributed by atoms with Crippen molar-refractivity contribution in [2.75, 3.05) is 19.6 Å². The Hall–Kier alpha value is -0.770. The number of nitrogens with zero attached hydrogens (tertiary/aromatic N) is 1. The van der Waals surface area contributed by atoms with Crippen LogP contribution in [-0.2, 0) is 11.2 Å². The van der Waals surface area contributed by atoms with Crippen molar-refractivity contribution in [2.45, 2.75) is 38.1 Å². The van der Waals surface area contributed by atoms with Crippen LogP contribution in [0.25, 0.3) is 0 Å². The van der Waals surface area contributed by atoms with Crippen LogP contribution < -0.4 is 5.32 Å². The van der Waals surface area contributed by atoms with Crippen LogP contribution >= 0.6 is 24.0 Å². The van der Waals surface area contributed by atoms with E-state index in [1.165, 1.54) is 19.4 Å². The maximum atomic E-state index is 12.3. The number of carbonyl (C=O) groups is 1. The zero-order valence-electron chi connectivity index (χ0n) is 12.8. The molecule has 1 saturated heterocycles. The number of amides is 1. The quantitative estimate of drug-likeness (QED) is 0.890. The van der Waals surface area contributed by atoms with Crippen molar-refractivity contribution in [3.05, 3.63) is 34.9 Å². The molecule has 2 aliphatic rings. The molecule has 0 bridgehead atoms. The van der Waals surface area contributed by atoms with Crippen LogP contribution in [0.4, 0.5) is 0 Å². The van der Waals surface area contributed by atoms with Gasteiger partial charge < -0.3 is 10.2 Å². The summed E-state index contributed by atoms with van der Waals surface area (Å²) in [6, 6.07) is 8.18. The second-order valence-corrected chi connectivity index (χ2v) is 6.75. The predicted octanol–water partition coefficient (Wildman–Crippen LogP) is 3.29. The molecule has 0 spiro atoms. The molecule has 0 unspecified atom stereocenters. The number of rotatable bonds is 5. The lowest BCUT2D eigenvalue weighted by Crippen LogP contribution is -2.45. The highest BCUT2D eigenvalue weighted by Crippen LogP contribution is 2.28. The summed E-state index contributed by atoms with van der Waals surface area (Å²) >= 11 is 5.97. The van der Waals surface area contributed by atoms with Crippen LogP contribution in [0.3, 0.4) is 0 Å². The predicted molar refractivity (Wildman–Crippen MR) is 92.7 cm³/mol. The van der Waals surface area contributed by atoms with Crippen molar-refractivity contribution < 1.29 is 4.79 Å². The van der Waals surface area contributed by atoms with Gasteiger partial charge in [0.2, 0.25) is 5.91 Å². The third-order valence-corrected chi connectivity index (χ3v) is 4.72. The Kier molecular flexibility index (Phi) is 6.54. The van der Waals surface area contributed by atoms with Gasteiger partial charge >= 0.3 is 0 Å². The molecule has 122 valence electrons. The van der Waals surface area contributed by atoms with E-state index >= 15 is 0 Å². The van der Waals surface area contributed by atoms with E-state index in [-0.39, 0.29) is 18.3 Å². The number of carbonyl (C=O) groups excluding carboxylic acids is 1. The molecule has 0 atom stereocenters. The van der Waals surface area contributed by atoms with E-state index in [1.807, 2.05) is 29.2 Å². The summed E-state index contributed by atoms with van der Waals surface area (Å²) in [7, 11) is 0. The highest BCUT2D eigenvalue weighted by atomic mass is 35.5. The highest BCUT2D eigenvalue weighted by molar-refractivity contribution is 6.30. The normalized spacial score (nSPS) is 18.9. The molecule has 1 aliphatic carbocycles. The lowest BCUT2D eigenvalue weighted by atomic mass is 10.0. The van der Waals surface area contributed by atoms with Gasteiger partial charge in [-0.25, -0.2) is 0 Å². The summed E-state index contributed by atoms with van der Waals surface area (Å²) in [5.74, 6) is 1.14. The van der Waals surface area contributed by atoms with Gasteiger partial charge in [-0.2, -0.15) is 0 Å². The molecule has 2 fully saturated rings. The summed E-state index contributed by atoms with van der Waals surface area (Å²) in [4.78, 5) is 14.3. The first-order valence-electron chi connectivity index (χ1n) is 7.96. The SMILES string of the molecule is Cl.O=C(Cc1cccc(Cl)c1)N1CCC(NCC2CC2)CC1. The van der Waals surface area contributed by atoms with E-state index in [4.69, 9.17) is 11.6 Å². The Bertz CT molecular complexity index is 497. The van der Waals surface area contributed by atoms with Gasteiger partial charge in [0.1, 0.15) is 0 Å². The standard InChI is InChI=1S/C17H23ClN2O.ClH/c18-15-3-1-2-14(10-15)11-17(21)20-8-6-16(7-9-20)19-12-13-4-5-13;/h1-3,10,13,16,19H,4-9,11-12H2;1H. The fourth-order valence-corrected chi connectivity index (χ4v) is 3.13. The van der Waals surface area contributed by atoms with Gasteiger partial charge in [-0.05, 0) is 55.8 Å². The van der Waals surface area contributed by atoms with Crippen molar-refractivity contribution in [1.82, 2.24) is 10.2 Å². The minimum Gasteiger partial charge on any atom is -0.342 e. The Balaban J connectivity index is 0.00000176. The first-order valence-corrected chi connectivity index (χ1v) is 8.34. The van der Waals surface area contributed by atoms with Gasteiger partial charge in [-0.1, -0.05) is 23.7 Å². The molecule has 1 saturated carbocycles.